The maximum atomic E-state index is 12.8. The van der Waals surface area contributed by atoms with E-state index in [1.54, 1.807) is 42.7 Å². The van der Waals surface area contributed by atoms with Crippen molar-refractivity contribution in [1.29, 1.82) is 0 Å². The van der Waals surface area contributed by atoms with Gasteiger partial charge in [-0.3, -0.25) is 9.71 Å². The molecule has 3 aromatic carbocycles. The molecule has 170 valence electrons. The summed E-state index contributed by atoms with van der Waals surface area (Å²) in [6.07, 6.45) is 4.37. The van der Waals surface area contributed by atoms with Crippen molar-refractivity contribution in [3.63, 3.8) is 0 Å². The number of pyridine rings is 1. The third-order valence-corrected chi connectivity index (χ3v) is 6.84. The van der Waals surface area contributed by atoms with Gasteiger partial charge in [0.2, 0.25) is 0 Å². The van der Waals surface area contributed by atoms with Gasteiger partial charge >= 0.3 is 0 Å². The Balaban J connectivity index is 1.32. The molecule has 2 N–H and O–H groups in total. The predicted molar refractivity (Wildman–Crippen MR) is 133 cm³/mol. The van der Waals surface area contributed by atoms with Crippen LogP contribution in [0.4, 0.5) is 17.4 Å². The van der Waals surface area contributed by atoms with Crippen LogP contribution in [0.15, 0.2) is 101 Å². The second kappa shape index (κ2) is 9.17. The fourth-order valence-corrected chi connectivity index (χ4v) is 4.77. The first-order valence-corrected chi connectivity index (χ1v) is 12.3. The molecule has 7 nitrogen and oxygen atoms in total. The SMILES string of the molecule is O=S(=O)(Nc1ccccc1Cl)c1ccc2nc(Nc3ccc(Cc4ccncc4)cc3)oc2c1. The van der Waals surface area contributed by atoms with Crippen LogP contribution in [-0.2, 0) is 16.4 Å². The van der Waals surface area contributed by atoms with Gasteiger partial charge in [0.15, 0.2) is 5.58 Å². The second-order valence-electron chi connectivity index (χ2n) is 7.59. The summed E-state index contributed by atoms with van der Waals surface area (Å²) in [5, 5.41) is 3.43. The third kappa shape index (κ3) is 4.88. The summed E-state index contributed by atoms with van der Waals surface area (Å²) in [6.45, 7) is 0. The second-order valence-corrected chi connectivity index (χ2v) is 9.68. The molecule has 0 aliphatic heterocycles. The van der Waals surface area contributed by atoms with Crippen molar-refractivity contribution in [2.45, 2.75) is 11.3 Å². The van der Waals surface area contributed by atoms with Crippen LogP contribution in [0.1, 0.15) is 11.1 Å². The third-order valence-electron chi connectivity index (χ3n) is 5.15. The zero-order chi connectivity index (χ0) is 23.5. The van der Waals surface area contributed by atoms with Crippen LogP contribution in [0.5, 0.6) is 0 Å². The maximum absolute atomic E-state index is 12.8. The van der Waals surface area contributed by atoms with E-state index in [4.69, 9.17) is 16.0 Å². The van der Waals surface area contributed by atoms with E-state index in [0.717, 1.165) is 17.7 Å². The molecule has 0 unspecified atom stereocenters. The molecule has 34 heavy (non-hydrogen) atoms. The Labute approximate surface area is 201 Å². The Bertz CT molecular complexity index is 1550. The minimum Gasteiger partial charge on any atom is -0.423 e. The zero-order valence-electron chi connectivity index (χ0n) is 17.8. The number of hydrogen-bond donors (Lipinski definition) is 2. The van der Waals surface area contributed by atoms with Crippen molar-refractivity contribution in [3.05, 3.63) is 107 Å². The highest BCUT2D eigenvalue weighted by Gasteiger charge is 2.18. The summed E-state index contributed by atoms with van der Waals surface area (Å²) in [4.78, 5) is 8.48. The van der Waals surface area contributed by atoms with E-state index in [9.17, 15) is 8.42 Å². The van der Waals surface area contributed by atoms with Crippen LogP contribution in [0.3, 0.4) is 0 Å². The van der Waals surface area contributed by atoms with Gasteiger partial charge in [-0.25, -0.2) is 8.42 Å². The highest BCUT2D eigenvalue weighted by Crippen LogP contribution is 2.28. The summed E-state index contributed by atoms with van der Waals surface area (Å²) >= 11 is 6.08. The smallest absolute Gasteiger partial charge is 0.300 e. The van der Waals surface area contributed by atoms with Gasteiger partial charge < -0.3 is 9.73 Å². The van der Waals surface area contributed by atoms with E-state index in [1.807, 2.05) is 36.4 Å². The van der Waals surface area contributed by atoms with E-state index in [1.165, 1.54) is 17.7 Å². The van der Waals surface area contributed by atoms with E-state index in [-0.39, 0.29) is 10.9 Å². The first-order valence-electron chi connectivity index (χ1n) is 10.4. The fraction of sp³-hybridized carbons (Fsp3) is 0.0400. The van der Waals surface area contributed by atoms with E-state index in [2.05, 4.69) is 20.0 Å². The molecule has 0 saturated carbocycles. The molecule has 0 aliphatic carbocycles. The molecule has 0 spiro atoms. The summed E-state index contributed by atoms with van der Waals surface area (Å²) in [5.74, 6) is 0. The number of benzene rings is 3. The Kier molecular flexibility index (Phi) is 5.91. The van der Waals surface area contributed by atoms with Crippen LogP contribution >= 0.6 is 11.6 Å². The van der Waals surface area contributed by atoms with Crippen molar-refractivity contribution >= 4 is 50.1 Å². The van der Waals surface area contributed by atoms with Crippen molar-refractivity contribution in [2.24, 2.45) is 0 Å². The fourth-order valence-electron chi connectivity index (χ4n) is 3.44. The van der Waals surface area contributed by atoms with Crippen molar-refractivity contribution in [1.82, 2.24) is 9.97 Å². The van der Waals surface area contributed by atoms with Gasteiger partial charge in [-0.05, 0) is 66.1 Å². The Hall–Kier alpha value is -3.88. The number of hydrogen-bond acceptors (Lipinski definition) is 6. The number of para-hydroxylation sites is 1. The van der Waals surface area contributed by atoms with Crippen LogP contribution in [0, 0.1) is 0 Å². The molecule has 0 atom stereocenters. The maximum Gasteiger partial charge on any atom is 0.300 e. The monoisotopic (exact) mass is 490 g/mol. The van der Waals surface area contributed by atoms with Crippen molar-refractivity contribution < 1.29 is 12.8 Å². The van der Waals surface area contributed by atoms with Gasteiger partial charge in [0, 0.05) is 24.1 Å². The normalized spacial score (nSPS) is 11.4. The number of halogens is 1. The number of anilines is 3. The first-order chi connectivity index (χ1) is 16.5. The molecule has 0 fully saturated rings. The Morgan fingerprint density at radius 2 is 1.62 bits per heavy atom. The van der Waals surface area contributed by atoms with Crippen LogP contribution in [0.2, 0.25) is 5.02 Å². The summed E-state index contributed by atoms with van der Waals surface area (Å²) in [6, 6.07) is 23.3. The number of oxazole rings is 1. The lowest BCUT2D eigenvalue weighted by Gasteiger charge is -2.09. The van der Waals surface area contributed by atoms with Crippen molar-refractivity contribution in [2.75, 3.05) is 10.0 Å². The van der Waals surface area contributed by atoms with Crippen molar-refractivity contribution in [3.8, 4) is 0 Å². The summed E-state index contributed by atoms with van der Waals surface area (Å²) in [7, 11) is -3.85. The molecule has 2 heterocycles. The van der Waals surface area contributed by atoms with E-state index in [0.29, 0.717) is 21.8 Å². The molecule has 5 aromatic rings. The lowest BCUT2D eigenvalue weighted by atomic mass is 10.1. The van der Waals surface area contributed by atoms with Crippen LogP contribution < -0.4 is 10.0 Å². The zero-order valence-corrected chi connectivity index (χ0v) is 19.3. The molecule has 0 bridgehead atoms. The number of nitrogens with one attached hydrogen (secondary N) is 2. The van der Waals surface area contributed by atoms with E-state index >= 15 is 0 Å². The van der Waals surface area contributed by atoms with Gasteiger partial charge in [-0.1, -0.05) is 35.9 Å². The Morgan fingerprint density at radius 3 is 2.38 bits per heavy atom. The summed E-state index contributed by atoms with van der Waals surface area (Å²) in [5.41, 5.74) is 4.33. The largest absolute Gasteiger partial charge is 0.423 e. The van der Waals surface area contributed by atoms with Gasteiger partial charge in [-0.15, -0.1) is 0 Å². The van der Waals surface area contributed by atoms with Gasteiger partial charge in [0.25, 0.3) is 16.0 Å². The highest BCUT2D eigenvalue weighted by atomic mass is 35.5. The molecule has 0 amide bonds. The molecule has 0 saturated heterocycles. The number of nitrogens with zero attached hydrogens (tertiary/aromatic N) is 2. The lowest BCUT2D eigenvalue weighted by molar-refractivity contribution is 0.599. The molecule has 0 radical (unpaired) electrons. The number of aromatic nitrogens is 2. The standard InChI is InChI=1S/C25H19ClN4O3S/c26-21-3-1-2-4-22(21)30-34(31,32)20-9-10-23-24(16-20)33-25(29-23)28-19-7-5-17(6-8-19)15-18-11-13-27-14-12-18/h1-14,16,30H,15H2,(H,28,29). The minimum absolute atomic E-state index is 0.0445. The topological polar surface area (TPSA) is 97.1 Å². The average molecular weight is 491 g/mol. The minimum atomic E-state index is -3.85. The van der Waals surface area contributed by atoms with Gasteiger partial charge in [0.05, 0.1) is 15.6 Å². The molecular weight excluding hydrogens is 472 g/mol. The van der Waals surface area contributed by atoms with E-state index < -0.39 is 10.0 Å². The summed E-state index contributed by atoms with van der Waals surface area (Å²) < 4.78 is 33.9. The predicted octanol–water partition coefficient (Wildman–Crippen LogP) is 6.01. The lowest BCUT2D eigenvalue weighted by Crippen LogP contribution is -2.13. The van der Waals surface area contributed by atoms with Gasteiger partial charge in [0.1, 0.15) is 5.52 Å². The molecule has 9 heteroatoms. The molecule has 2 aromatic heterocycles. The number of sulfonamides is 1. The van der Waals surface area contributed by atoms with Gasteiger partial charge in [-0.2, -0.15) is 4.98 Å². The van der Waals surface area contributed by atoms with Crippen LogP contribution in [0.25, 0.3) is 11.1 Å². The quantitative estimate of drug-likeness (QED) is 0.290. The number of rotatable bonds is 7. The Morgan fingerprint density at radius 1 is 0.882 bits per heavy atom. The first kappa shape index (κ1) is 21.9. The molecule has 5 rings (SSSR count). The molecular formula is C25H19ClN4O3S. The highest BCUT2D eigenvalue weighted by molar-refractivity contribution is 7.92. The van der Waals surface area contributed by atoms with Crippen LogP contribution in [-0.4, -0.2) is 18.4 Å². The number of fused-ring (bicyclic) bond motifs is 1. The average Bonchev–Trinajstić information content (AvgIpc) is 3.24. The molecule has 0 aliphatic rings.